The van der Waals surface area contributed by atoms with Crippen molar-refractivity contribution in [2.24, 2.45) is 0 Å². The maximum absolute atomic E-state index is 11.0. The van der Waals surface area contributed by atoms with Crippen molar-refractivity contribution in [3.05, 3.63) is 100 Å². The van der Waals surface area contributed by atoms with Crippen molar-refractivity contribution in [1.29, 1.82) is 5.26 Å². The summed E-state index contributed by atoms with van der Waals surface area (Å²) >= 11 is 0. The lowest BCUT2D eigenvalue weighted by atomic mass is 9.98. The average Bonchev–Trinajstić information content (AvgIpc) is 2.73. The van der Waals surface area contributed by atoms with Crippen molar-refractivity contribution in [3.8, 4) is 17.2 Å². The van der Waals surface area contributed by atoms with Gasteiger partial charge in [0.2, 0.25) is 5.82 Å². The molecule has 3 rings (SSSR count). The van der Waals surface area contributed by atoms with Gasteiger partial charge in [0.05, 0.1) is 16.6 Å². The summed E-state index contributed by atoms with van der Waals surface area (Å²) in [7, 11) is 0. The third kappa shape index (κ3) is 4.40. The first kappa shape index (κ1) is 18.8. The molecule has 0 aliphatic heterocycles. The van der Waals surface area contributed by atoms with E-state index < -0.39 is 4.92 Å². The van der Waals surface area contributed by atoms with E-state index in [1.54, 1.807) is 6.07 Å². The highest BCUT2D eigenvalue weighted by atomic mass is 16.6. The van der Waals surface area contributed by atoms with E-state index in [9.17, 15) is 15.4 Å². The van der Waals surface area contributed by atoms with Gasteiger partial charge >= 0.3 is 5.69 Å². The predicted octanol–water partition coefficient (Wildman–Crippen LogP) is 4.74. The summed E-state index contributed by atoms with van der Waals surface area (Å²) in [6.45, 7) is 4.43. The van der Waals surface area contributed by atoms with Crippen LogP contribution < -0.4 is 5.32 Å². The van der Waals surface area contributed by atoms with Gasteiger partial charge in [0.1, 0.15) is 0 Å². The maximum atomic E-state index is 11.0. The van der Waals surface area contributed by atoms with Crippen LogP contribution in [0.15, 0.2) is 79.0 Å². The van der Waals surface area contributed by atoms with Gasteiger partial charge in [-0.05, 0) is 35.2 Å². The lowest BCUT2D eigenvalue weighted by Crippen LogP contribution is -2.09. The van der Waals surface area contributed by atoms with Crippen LogP contribution in [0, 0.1) is 21.4 Å². The molecule has 1 N–H and O–H groups in total. The van der Waals surface area contributed by atoms with E-state index in [2.05, 4.69) is 22.9 Å². The van der Waals surface area contributed by atoms with Crippen LogP contribution in [0.5, 0.6) is 0 Å². The third-order valence-corrected chi connectivity index (χ3v) is 4.26. The number of nitrogens with zero attached hydrogens (tertiary/aromatic N) is 3. The summed E-state index contributed by atoms with van der Waals surface area (Å²) in [5.41, 5.74) is 4.41. The topological polar surface area (TPSA) is 91.8 Å². The monoisotopic (exact) mass is 370 g/mol. The molecule has 1 aromatic heterocycles. The molecule has 138 valence electrons. The molecule has 0 fully saturated rings. The Morgan fingerprint density at radius 2 is 1.89 bits per heavy atom. The molecule has 0 aliphatic rings. The molecule has 28 heavy (non-hydrogen) atoms. The Bertz CT molecular complexity index is 1050. The minimum Gasteiger partial charge on any atom is -0.361 e. The molecular formula is C22H18N4O2. The Labute approximate surface area is 162 Å². The second kappa shape index (κ2) is 8.60. The molecule has 0 saturated heterocycles. The molecular weight excluding hydrogens is 352 g/mol. The van der Waals surface area contributed by atoms with Gasteiger partial charge in [0.15, 0.2) is 0 Å². The van der Waals surface area contributed by atoms with Crippen LogP contribution in [0.1, 0.15) is 11.1 Å². The van der Waals surface area contributed by atoms with Gasteiger partial charge in [-0.2, -0.15) is 5.26 Å². The zero-order chi connectivity index (χ0) is 19.9. The van der Waals surface area contributed by atoms with E-state index in [4.69, 9.17) is 0 Å². The number of nitro groups is 1. The predicted molar refractivity (Wildman–Crippen MR) is 109 cm³/mol. The highest BCUT2D eigenvalue weighted by Gasteiger charge is 2.13. The fraction of sp³-hybridized carbons (Fsp3) is 0.0909. The number of anilines is 1. The summed E-state index contributed by atoms with van der Waals surface area (Å²) in [5.74, 6) is 0.233. The highest BCUT2D eigenvalue weighted by Crippen LogP contribution is 2.24. The quantitative estimate of drug-likeness (QED) is 0.368. The molecule has 0 bridgehead atoms. The molecule has 0 saturated carbocycles. The van der Waals surface area contributed by atoms with Gasteiger partial charge in [-0.25, -0.2) is 4.98 Å². The maximum Gasteiger partial charge on any atom is 0.311 e. The number of nitrogens with one attached hydrogen (secondary N) is 1. The number of aromatic nitrogens is 1. The van der Waals surface area contributed by atoms with Crippen molar-refractivity contribution >= 4 is 11.5 Å². The van der Waals surface area contributed by atoms with Crippen molar-refractivity contribution < 1.29 is 4.92 Å². The van der Waals surface area contributed by atoms with E-state index >= 15 is 0 Å². The smallest absolute Gasteiger partial charge is 0.311 e. The van der Waals surface area contributed by atoms with Gasteiger partial charge in [-0.3, -0.25) is 10.1 Å². The number of pyridine rings is 1. The first-order valence-electron chi connectivity index (χ1n) is 8.67. The zero-order valence-electron chi connectivity index (χ0n) is 15.1. The zero-order valence-corrected chi connectivity index (χ0v) is 15.1. The number of rotatable bonds is 7. The standard InChI is InChI=1S/C22H18N4O2/c1-16(15-25-22-21(26(27)28)7-4-12-24-22)13-17-8-10-18(11-9-17)20-6-3-2-5-19(20)14-23/h2-12H,1,13,15H2,(H,24,25). The average molecular weight is 370 g/mol. The Kier molecular flexibility index (Phi) is 5.78. The molecule has 3 aromatic rings. The molecule has 1 heterocycles. The van der Waals surface area contributed by atoms with Crippen LogP contribution in [0.4, 0.5) is 11.5 Å². The molecule has 0 atom stereocenters. The molecule has 0 unspecified atom stereocenters. The summed E-state index contributed by atoms with van der Waals surface area (Å²) in [5, 5.41) is 23.3. The van der Waals surface area contributed by atoms with Crippen LogP contribution in [-0.2, 0) is 6.42 Å². The second-order valence-electron chi connectivity index (χ2n) is 6.26. The van der Waals surface area contributed by atoms with Crippen LogP contribution >= 0.6 is 0 Å². The first-order chi connectivity index (χ1) is 13.6. The van der Waals surface area contributed by atoms with Crippen LogP contribution in [-0.4, -0.2) is 16.5 Å². The van der Waals surface area contributed by atoms with Crippen molar-refractivity contribution in [3.63, 3.8) is 0 Å². The van der Waals surface area contributed by atoms with E-state index in [1.165, 1.54) is 18.3 Å². The number of benzene rings is 2. The molecule has 0 amide bonds. The number of hydrogen-bond donors (Lipinski definition) is 1. The normalized spacial score (nSPS) is 10.1. The van der Waals surface area contributed by atoms with Crippen LogP contribution in [0.3, 0.4) is 0 Å². The molecule has 0 radical (unpaired) electrons. The third-order valence-electron chi connectivity index (χ3n) is 4.26. The molecule has 0 spiro atoms. The van der Waals surface area contributed by atoms with E-state index in [0.29, 0.717) is 18.5 Å². The summed E-state index contributed by atoms with van der Waals surface area (Å²) in [6.07, 6.45) is 2.14. The fourth-order valence-corrected chi connectivity index (χ4v) is 2.87. The van der Waals surface area contributed by atoms with E-state index in [1.807, 2.05) is 42.5 Å². The lowest BCUT2D eigenvalue weighted by molar-refractivity contribution is -0.384. The Morgan fingerprint density at radius 1 is 1.14 bits per heavy atom. The summed E-state index contributed by atoms with van der Waals surface area (Å²) in [4.78, 5) is 14.6. The van der Waals surface area contributed by atoms with E-state index in [0.717, 1.165) is 22.3 Å². The molecule has 6 nitrogen and oxygen atoms in total. The van der Waals surface area contributed by atoms with Crippen LogP contribution in [0.25, 0.3) is 11.1 Å². The minimum atomic E-state index is -0.462. The Morgan fingerprint density at radius 3 is 2.61 bits per heavy atom. The van der Waals surface area contributed by atoms with Gasteiger partial charge in [0, 0.05) is 18.8 Å². The Balaban J connectivity index is 1.64. The van der Waals surface area contributed by atoms with Crippen LogP contribution in [0.2, 0.25) is 0 Å². The van der Waals surface area contributed by atoms with Gasteiger partial charge in [-0.1, -0.05) is 54.6 Å². The largest absolute Gasteiger partial charge is 0.361 e. The van der Waals surface area contributed by atoms with E-state index in [-0.39, 0.29) is 11.5 Å². The summed E-state index contributed by atoms with van der Waals surface area (Å²) < 4.78 is 0. The first-order valence-corrected chi connectivity index (χ1v) is 8.67. The van der Waals surface area contributed by atoms with Crippen molar-refractivity contribution in [2.75, 3.05) is 11.9 Å². The molecule has 6 heteroatoms. The van der Waals surface area contributed by atoms with Gasteiger partial charge < -0.3 is 5.32 Å². The van der Waals surface area contributed by atoms with Crippen molar-refractivity contribution in [1.82, 2.24) is 4.98 Å². The summed E-state index contributed by atoms with van der Waals surface area (Å²) in [6, 6.07) is 20.6. The fourth-order valence-electron chi connectivity index (χ4n) is 2.87. The molecule has 0 aliphatic carbocycles. The lowest BCUT2D eigenvalue weighted by Gasteiger charge is -2.10. The van der Waals surface area contributed by atoms with Crippen molar-refractivity contribution in [2.45, 2.75) is 6.42 Å². The highest BCUT2D eigenvalue weighted by molar-refractivity contribution is 5.70. The SMILES string of the molecule is C=C(CNc1ncccc1[N+](=O)[O-])Cc1ccc(-c2ccccc2C#N)cc1. The minimum absolute atomic E-state index is 0.0594. The molecule has 2 aromatic carbocycles. The van der Waals surface area contributed by atoms with Gasteiger partial charge in [-0.15, -0.1) is 0 Å². The number of nitriles is 1. The second-order valence-corrected chi connectivity index (χ2v) is 6.26. The number of hydrogen-bond acceptors (Lipinski definition) is 5. The Hall–Kier alpha value is -3.98. The van der Waals surface area contributed by atoms with Gasteiger partial charge in [0.25, 0.3) is 0 Å².